The molecule has 0 radical (unpaired) electrons. The fourth-order valence-electron chi connectivity index (χ4n) is 2.48. The van der Waals surface area contributed by atoms with Gasteiger partial charge in [-0.2, -0.15) is 0 Å². The summed E-state index contributed by atoms with van der Waals surface area (Å²) in [5.74, 6) is 0. The van der Waals surface area contributed by atoms with Crippen LogP contribution in [-0.2, 0) is 12.8 Å². The van der Waals surface area contributed by atoms with Crippen molar-refractivity contribution in [2.45, 2.75) is 31.7 Å². The Labute approximate surface area is 127 Å². The first-order chi connectivity index (χ1) is 9.79. The second kappa shape index (κ2) is 8.08. The predicted octanol–water partition coefficient (Wildman–Crippen LogP) is 4.49. The lowest BCUT2D eigenvalue weighted by atomic mass is 9.99. The molecule has 0 spiro atoms. The Bertz CT molecular complexity index is 510. The molecule has 1 N–H and O–H groups in total. The van der Waals surface area contributed by atoms with Crippen molar-refractivity contribution < 1.29 is 0 Å². The highest BCUT2D eigenvalue weighted by Gasteiger charge is 2.09. The molecular weight excluding hydrogens is 266 g/mol. The maximum atomic E-state index is 6.23. The summed E-state index contributed by atoms with van der Waals surface area (Å²) in [6.45, 7) is 0. The fraction of sp³-hybridized carbons (Fsp3) is 0.333. The lowest BCUT2D eigenvalue weighted by molar-refractivity contribution is 0.502. The van der Waals surface area contributed by atoms with E-state index in [0.29, 0.717) is 6.04 Å². The first kappa shape index (κ1) is 15.1. The van der Waals surface area contributed by atoms with Gasteiger partial charge in [-0.3, -0.25) is 0 Å². The summed E-state index contributed by atoms with van der Waals surface area (Å²) in [6, 6.07) is 19.3. The minimum atomic E-state index is 0.485. The van der Waals surface area contributed by atoms with E-state index in [0.717, 1.165) is 24.3 Å². The van der Waals surface area contributed by atoms with Crippen LogP contribution in [0.25, 0.3) is 0 Å². The van der Waals surface area contributed by atoms with Crippen molar-refractivity contribution in [1.82, 2.24) is 5.32 Å². The lowest BCUT2D eigenvalue weighted by Crippen LogP contribution is -2.27. The Kier molecular flexibility index (Phi) is 6.10. The molecule has 0 fully saturated rings. The summed E-state index contributed by atoms with van der Waals surface area (Å²) in [5, 5.41) is 4.28. The molecule has 2 aromatic carbocycles. The number of halogens is 1. The number of rotatable bonds is 7. The highest BCUT2D eigenvalue weighted by atomic mass is 35.5. The van der Waals surface area contributed by atoms with Gasteiger partial charge in [-0.15, -0.1) is 0 Å². The third-order valence-electron chi connectivity index (χ3n) is 3.69. The van der Waals surface area contributed by atoms with Crippen LogP contribution in [0.15, 0.2) is 54.6 Å². The third-order valence-corrected chi connectivity index (χ3v) is 4.06. The van der Waals surface area contributed by atoms with Gasteiger partial charge in [0.2, 0.25) is 0 Å². The molecule has 1 atom stereocenters. The molecular formula is C18H22ClN. The quantitative estimate of drug-likeness (QED) is 0.791. The van der Waals surface area contributed by atoms with E-state index in [2.05, 4.69) is 47.8 Å². The van der Waals surface area contributed by atoms with E-state index in [1.165, 1.54) is 17.5 Å². The molecule has 0 aliphatic carbocycles. The Morgan fingerprint density at radius 3 is 2.40 bits per heavy atom. The predicted molar refractivity (Wildman–Crippen MR) is 87.4 cm³/mol. The number of nitrogens with one attached hydrogen (secondary N) is 1. The molecule has 0 bridgehead atoms. The van der Waals surface area contributed by atoms with E-state index in [-0.39, 0.29) is 0 Å². The van der Waals surface area contributed by atoms with Gasteiger partial charge in [-0.05, 0) is 49.9 Å². The van der Waals surface area contributed by atoms with Crippen LogP contribution in [0, 0.1) is 0 Å². The molecule has 1 unspecified atom stereocenters. The maximum Gasteiger partial charge on any atom is 0.0438 e. The first-order valence-electron chi connectivity index (χ1n) is 7.24. The van der Waals surface area contributed by atoms with Crippen molar-refractivity contribution in [1.29, 1.82) is 0 Å². The number of likely N-dealkylation sites (N-methyl/N-ethyl adjacent to an activating group) is 1. The number of benzene rings is 2. The second-order valence-electron chi connectivity index (χ2n) is 5.16. The maximum absolute atomic E-state index is 6.23. The van der Waals surface area contributed by atoms with Crippen LogP contribution in [-0.4, -0.2) is 13.1 Å². The fourth-order valence-corrected chi connectivity index (χ4v) is 2.69. The third kappa shape index (κ3) is 4.66. The van der Waals surface area contributed by atoms with Gasteiger partial charge < -0.3 is 5.32 Å². The van der Waals surface area contributed by atoms with E-state index in [1.807, 2.05) is 19.2 Å². The van der Waals surface area contributed by atoms with Crippen molar-refractivity contribution in [3.63, 3.8) is 0 Å². The van der Waals surface area contributed by atoms with Gasteiger partial charge in [-0.25, -0.2) is 0 Å². The van der Waals surface area contributed by atoms with Crippen molar-refractivity contribution in [2.75, 3.05) is 7.05 Å². The minimum Gasteiger partial charge on any atom is -0.317 e. The number of hydrogen-bond acceptors (Lipinski definition) is 1. The van der Waals surface area contributed by atoms with Crippen molar-refractivity contribution >= 4 is 11.6 Å². The SMILES string of the molecule is CNC(CCCc1ccccc1)Cc1ccccc1Cl. The van der Waals surface area contributed by atoms with Crippen LogP contribution in [0.2, 0.25) is 5.02 Å². The van der Waals surface area contributed by atoms with Crippen LogP contribution in [0.1, 0.15) is 24.0 Å². The van der Waals surface area contributed by atoms with Gasteiger partial charge in [-0.1, -0.05) is 60.1 Å². The molecule has 20 heavy (non-hydrogen) atoms. The molecule has 2 aromatic rings. The first-order valence-corrected chi connectivity index (χ1v) is 7.62. The summed E-state index contributed by atoms with van der Waals surface area (Å²) in [6.07, 6.45) is 4.49. The topological polar surface area (TPSA) is 12.0 Å². The summed E-state index contributed by atoms with van der Waals surface area (Å²) >= 11 is 6.23. The largest absolute Gasteiger partial charge is 0.317 e. The van der Waals surface area contributed by atoms with Crippen LogP contribution in [0.3, 0.4) is 0 Å². The Hall–Kier alpha value is -1.31. The molecule has 0 aliphatic rings. The zero-order chi connectivity index (χ0) is 14.2. The summed E-state index contributed by atoms with van der Waals surface area (Å²) in [5.41, 5.74) is 2.65. The monoisotopic (exact) mass is 287 g/mol. The van der Waals surface area contributed by atoms with Gasteiger partial charge in [0.1, 0.15) is 0 Å². The van der Waals surface area contributed by atoms with Crippen LogP contribution in [0.5, 0.6) is 0 Å². The minimum absolute atomic E-state index is 0.485. The number of aryl methyl sites for hydroxylation is 1. The Balaban J connectivity index is 1.82. The summed E-state index contributed by atoms with van der Waals surface area (Å²) in [4.78, 5) is 0. The van der Waals surface area contributed by atoms with Gasteiger partial charge in [0.15, 0.2) is 0 Å². The van der Waals surface area contributed by atoms with E-state index in [4.69, 9.17) is 11.6 Å². The Morgan fingerprint density at radius 2 is 1.70 bits per heavy atom. The van der Waals surface area contributed by atoms with Crippen molar-refractivity contribution in [2.24, 2.45) is 0 Å². The van der Waals surface area contributed by atoms with Gasteiger partial charge in [0, 0.05) is 11.1 Å². The summed E-state index contributed by atoms with van der Waals surface area (Å²) < 4.78 is 0. The Morgan fingerprint density at radius 1 is 1.00 bits per heavy atom. The van der Waals surface area contributed by atoms with E-state index in [9.17, 15) is 0 Å². The molecule has 0 heterocycles. The molecule has 2 rings (SSSR count). The highest BCUT2D eigenvalue weighted by molar-refractivity contribution is 6.31. The average molecular weight is 288 g/mol. The van der Waals surface area contributed by atoms with Crippen molar-refractivity contribution in [3.05, 3.63) is 70.7 Å². The van der Waals surface area contributed by atoms with E-state index >= 15 is 0 Å². The van der Waals surface area contributed by atoms with E-state index < -0.39 is 0 Å². The van der Waals surface area contributed by atoms with Crippen LogP contribution in [0.4, 0.5) is 0 Å². The van der Waals surface area contributed by atoms with Gasteiger partial charge in [0.25, 0.3) is 0 Å². The molecule has 0 aliphatic heterocycles. The molecule has 1 nitrogen and oxygen atoms in total. The standard InChI is InChI=1S/C18H22ClN/c1-20-17(14-16-11-5-6-13-18(16)19)12-7-10-15-8-3-2-4-9-15/h2-6,8-9,11,13,17,20H,7,10,12,14H2,1H3. The molecule has 0 saturated carbocycles. The molecule has 106 valence electrons. The smallest absolute Gasteiger partial charge is 0.0438 e. The van der Waals surface area contributed by atoms with Gasteiger partial charge in [0.05, 0.1) is 0 Å². The van der Waals surface area contributed by atoms with Crippen LogP contribution < -0.4 is 5.32 Å². The average Bonchev–Trinajstić information content (AvgIpc) is 2.49. The van der Waals surface area contributed by atoms with Gasteiger partial charge >= 0.3 is 0 Å². The van der Waals surface area contributed by atoms with E-state index in [1.54, 1.807) is 0 Å². The summed E-state index contributed by atoms with van der Waals surface area (Å²) in [7, 11) is 2.03. The molecule has 0 amide bonds. The van der Waals surface area contributed by atoms with Crippen molar-refractivity contribution in [3.8, 4) is 0 Å². The second-order valence-corrected chi connectivity index (χ2v) is 5.57. The molecule has 2 heteroatoms. The zero-order valence-corrected chi connectivity index (χ0v) is 12.7. The molecule has 0 saturated heterocycles. The highest BCUT2D eigenvalue weighted by Crippen LogP contribution is 2.18. The zero-order valence-electron chi connectivity index (χ0n) is 12.0. The molecule has 0 aromatic heterocycles. The normalized spacial score (nSPS) is 12.3. The lowest BCUT2D eigenvalue weighted by Gasteiger charge is -2.17. The number of hydrogen-bond donors (Lipinski definition) is 1. The van der Waals surface area contributed by atoms with Crippen LogP contribution >= 0.6 is 11.6 Å².